The van der Waals surface area contributed by atoms with Crippen LogP contribution in [-0.2, 0) is 14.3 Å². The van der Waals surface area contributed by atoms with E-state index in [0.717, 1.165) is 4.90 Å². The second-order valence-electron chi connectivity index (χ2n) is 5.22. The molecule has 5 nitrogen and oxygen atoms in total. The zero-order valence-electron chi connectivity index (χ0n) is 11.9. The number of esters is 1. The number of benzene rings is 1. The van der Waals surface area contributed by atoms with Crippen molar-refractivity contribution >= 4 is 17.6 Å². The van der Waals surface area contributed by atoms with Crippen LogP contribution in [0.2, 0.25) is 0 Å². The minimum absolute atomic E-state index is 0.00816. The van der Waals surface area contributed by atoms with Gasteiger partial charge in [0.2, 0.25) is 5.91 Å². The predicted octanol–water partition coefficient (Wildman–Crippen LogP) is 1.46. The fourth-order valence-corrected chi connectivity index (χ4v) is 1.59. The Morgan fingerprint density at radius 1 is 1.30 bits per heavy atom. The van der Waals surface area contributed by atoms with Crippen LogP contribution in [0, 0.1) is 5.82 Å². The Morgan fingerprint density at radius 2 is 1.90 bits per heavy atom. The normalized spacial score (nSPS) is 11.1. The molecule has 110 valence electrons. The highest BCUT2D eigenvalue weighted by Gasteiger charge is 2.24. The number of nitrogens with two attached hydrogens (primary N) is 1. The van der Waals surface area contributed by atoms with Gasteiger partial charge in [0, 0.05) is 0 Å². The van der Waals surface area contributed by atoms with Crippen molar-refractivity contribution in [3.63, 3.8) is 0 Å². The molecule has 6 heteroatoms. The molecular weight excluding hydrogens is 263 g/mol. The van der Waals surface area contributed by atoms with Crippen LogP contribution in [0.15, 0.2) is 24.3 Å². The number of hydrogen-bond acceptors (Lipinski definition) is 4. The van der Waals surface area contributed by atoms with Crippen LogP contribution in [0.25, 0.3) is 0 Å². The molecule has 0 fully saturated rings. The molecule has 0 spiro atoms. The van der Waals surface area contributed by atoms with Crippen molar-refractivity contribution in [3.05, 3.63) is 30.1 Å². The summed E-state index contributed by atoms with van der Waals surface area (Å²) < 4.78 is 18.9. The largest absolute Gasteiger partial charge is 0.459 e. The van der Waals surface area contributed by atoms with Gasteiger partial charge in [0.15, 0.2) is 0 Å². The second-order valence-corrected chi connectivity index (χ2v) is 5.22. The standard InChI is InChI=1S/C14H19FN2O3/c1-14(2,3)20-13(19)9-17(12(18)8-16)11-7-5-4-6-10(11)15/h4-7H,8-9,16H2,1-3H3. The van der Waals surface area contributed by atoms with Gasteiger partial charge in [-0.3, -0.25) is 14.5 Å². The summed E-state index contributed by atoms with van der Waals surface area (Å²) in [7, 11) is 0. The number of carbonyl (C=O) groups excluding carboxylic acids is 2. The third kappa shape index (κ3) is 4.62. The van der Waals surface area contributed by atoms with Crippen LogP contribution in [0.3, 0.4) is 0 Å². The van der Waals surface area contributed by atoms with Crippen LogP contribution < -0.4 is 10.6 Å². The number of carbonyl (C=O) groups is 2. The highest BCUT2D eigenvalue weighted by molar-refractivity contribution is 5.98. The lowest BCUT2D eigenvalue weighted by molar-refractivity contribution is -0.153. The predicted molar refractivity (Wildman–Crippen MR) is 73.7 cm³/mol. The molecule has 0 radical (unpaired) electrons. The van der Waals surface area contributed by atoms with Gasteiger partial charge in [-0.2, -0.15) is 0 Å². The maximum Gasteiger partial charge on any atom is 0.326 e. The van der Waals surface area contributed by atoms with E-state index in [1.807, 2.05) is 0 Å². The molecule has 0 aliphatic rings. The summed E-state index contributed by atoms with van der Waals surface area (Å²) in [6, 6.07) is 5.69. The molecule has 0 aromatic heterocycles. The van der Waals surface area contributed by atoms with E-state index in [0.29, 0.717) is 0 Å². The zero-order chi connectivity index (χ0) is 15.3. The first-order chi connectivity index (χ1) is 9.24. The number of nitrogens with zero attached hydrogens (tertiary/aromatic N) is 1. The van der Waals surface area contributed by atoms with Gasteiger partial charge in [0.05, 0.1) is 12.2 Å². The maximum absolute atomic E-state index is 13.7. The second kappa shape index (κ2) is 6.47. The highest BCUT2D eigenvalue weighted by Crippen LogP contribution is 2.19. The Morgan fingerprint density at radius 3 is 2.40 bits per heavy atom. The van der Waals surface area contributed by atoms with Crippen molar-refractivity contribution in [3.8, 4) is 0 Å². The average Bonchev–Trinajstić information content (AvgIpc) is 2.34. The Balaban J connectivity index is 2.95. The van der Waals surface area contributed by atoms with Crippen molar-refractivity contribution in [1.82, 2.24) is 0 Å². The smallest absolute Gasteiger partial charge is 0.326 e. The molecule has 0 bridgehead atoms. The number of amides is 1. The van der Waals surface area contributed by atoms with Crippen molar-refractivity contribution in [2.24, 2.45) is 5.73 Å². The van der Waals surface area contributed by atoms with Crippen LogP contribution in [0.4, 0.5) is 10.1 Å². The highest BCUT2D eigenvalue weighted by atomic mass is 19.1. The van der Waals surface area contributed by atoms with Crippen LogP contribution in [-0.4, -0.2) is 30.6 Å². The topological polar surface area (TPSA) is 72.6 Å². The average molecular weight is 282 g/mol. The molecule has 0 saturated carbocycles. The van der Waals surface area contributed by atoms with Gasteiger partial charge in [0.1, 0.15) is 18.0 Å². The molecule has 0 heterocycles. The summed E-state index contributed by atoms with van der Waals surface area (Å²) in [6.07, 6.45) is 0. The van der Waals surface area contributed by atoms with Gasteiger partial charge in [-0.25, -0.2) is 4.39 Å². The molecule has 0 aliphatic carbocycles. The molecule has 1 aromatic carbocycles. The Labute approximate surface area is 117 Å². The van der Waals surface area contributed by atoms with Crippen molar-refractivity contribution in [2.45, 2.75) is 26.4 Å². The zero-order valence-corrected chi connectivity index (χ0v) is 11.9. The van der Waals surface area contributed by atoms with Gasteiger partial charge in [-0.1, -0.05) is 12.1 Å². The lowest BCUT2D eigenvalue weighted by Crippen LogP contribution is -2.42. The first-order valence-corrected chi connectivity index (χ1v) is 6.21. The third-order valence-corrected chi connectivity index (χ3v) is 2.33. The van der Waals surface area contributed by atoms with Gasteiger partial charge in [-0.05, 0) is 32.9 Å². The number of halogens is 1. The molecule has 0 aliphatic heterocycles. The Bertz CT molecular complexity index is 497. The number of ether oxygens (including phenoxy) is 1. The van der Waals surface area contributed by atoms with Crippen molar-refractivity contribution in [1.29, 1.82) is 0 Å². The number of anilines is 1. The fraction of sp³-hybridized carbons (Fsp3) is 0.429. The van der Waals surface area contributed by atoms with E-state index in [1.54, 1.807) is 26.8 Å². The van der Waals surface area contributed by atoms with E-state index in [2.05, 4.69) is 0 Å². The SMILES string of the molecule is CC(C)(C)OC(=O)CN(C(=O)CN)c1ccccc1F. The maximum atomic E-state index is 13.7. The first-order valence-electron chi connectivity index (χ1n) is 6.21. The van der Waals surface area contributed by atoms with E-state index < -0.39 is 23.3 Å². The molecule has 1 rings (SSSR count). The molecule has 1 aromatic rings. The van der Waals surface area contributed by atoms with E-state index in [1.165, 1.54) is 18.2 Å². The molecule has 0 unspecified atom stereocenters. The number of para-hydroxylation sites is 1. The summed E-state index contributed by atoms with van der Waals surface area (Å²) in [4.78, 5) is 24.6. The summed E-state index contributed by atoms with van der Waals surface area (Å²) in [5.41, 5.74) is 4.63. The Kier molecular flexibility index (Phi) is 5.21. The van der Waals surface area contributed by atoms with E-state index in [4.69, 9.17) is 10.5 Å². The van der Waals surface area contributed by atoms with Gasteiger partial charge in [-0.15, -0.1) is 0 Å². The first kappa shape index (κ1) is 16.1. The van der Waals surface area contributed by atoms with Crippen molar-refractivity contribution < 1.29 is 18.7 Å². The fourth-order valence-electron chi connectivity index (χ4n) is 1.59. The van der Waals surface area contributed by atoms with E-state index >= 15 is 0 Å². The Hall–Kier alpha value is -1.95. The molecule has 0 atom stereocenters. The number of hydrogen-bond donors (Lipinski definition) is 1. The lowest BCUT2D eigenvalue weighted by Gasteiger charge is -2.25. The van der Waals surface area contributed by atoms with Crippen LogP contribution in [0.5, 0.6) is 0 Å². The van der Waals surface area contributed by atoms with Crippen LogP contribution >= 0.6 is 0 Å². The molecule has 2 N–H and O–H groups in total. The monoisotopic (exact) mass is 282 g/mol. The third-order valence-electron chi connectivity index (χ3n) is 2.33. The molecular formula is C14H19FN2O3. The molecule has 20 heavy (non-hydrogen) atoms. The van der Waals surface area contributed by atoms with E-state index in [-0.39, 0.29) is 18.8 Å². The van der Waals surface area contributed by atoms with Gasteiger partial charge >= 0.3 is 5.97 Å². The van der Waals surface area contributed by atoms with E-state index in [9.17, 15) is 14.0 Å². The minimum atomic E-state index is -0.677. The quantitative estimate of drug-likeness (QED) is 0.849. The summed E-state index contributed by atoms with van der Waals surface area (Å²) in [5.74, 6) is -1.78. The minimum Gasteiger partial charge on any atom is -0.459 e. The van der Waals surface area contributed by atoms with Gasteiger partial charge in [0.25, 0.3) is 0 Å². The molecule has 1 amide bonds. The summed E-state index contributed by atoms with van der Waals surface area (Å²) >= 11 is 0. The van der Waals surface area contributed by atoms with Crippen molar-refractivity contribution in [2.75, 3.05) is 18.0 Å². The lowest BCUT2D eigenvalue weighted by atomic mass is 10.2. The van der Waals surface area contributed by atoms with Crippen LogP contribution in [0.1, 0.15) is 20.8 Å². The number of rotatable bonds is 4. The molecule has 0 saturated heterocycles. The summed E-state index contributed by atoms with van der Waals surface area (Å²) in [5, 5.41) is 0. The summed E-state index contributed by atoms with van der Waals surface area (Å²) in [6.45, 7) is 4.43. The van der Waals surface area contributed by atoms with Gasteiger partial charge < -0.3 is 10.5 Å².